The summed E-state index contributed by atoms with van der Waals surface area (Å²) in [6.45, 7) is 7.32. The third-order valence-corrected chi connectivity index (χ3v) is 4.41. The summed E-state index contributed by atoms with van der Waals surface area (Å²) in [4.78, 5) is 2.52. The highest BCUT2D eigenvalue weighted by Crippen LogP contribution is 2.46. The fraction of sp³-hybridized carbons (Fsp3) is 0.846. The Morgan fingerprint density at radius 1 is 1.14 bits per heavy atom. The molecule has 2 aliphatic rings. The fourth-order valence-corrected chi connectivity index (χ4v) is 3.39. The summed E-state index contributed by atoms with van der Waals surface area (Å²) in [7, 11) is 2.28. The first-order valence-electron chi connectivity index (χ1n) is 5.99. The van der Waals surface area contributed by atoms with E-state index >= 15 is 0 Å². The van der Waals surface area contributed by atoms with Crippen LogP contribution in [0.25, 0.3) is 0 Å². The monoisotopic (exact) mass is 193 g/mol. The zero-order chi connectivity index (χ0) is 10.2. The van der Waals surface area contributed by atoms with E-state index in [2.05, 4.69) is 25.8 Å². The van der Waals surface area contributed by atoms with Gasteiger partial charge in [-0.3, -0.25) is 0 Å². The minimum atomic E-state index is 0.565. The lowest BCUT2D eigenvalue weighted by Crippen LogP contribution is -2.43. The first-order chi connectivity index (χ1) is 6.64. The van der Waals surface area contributed by atoms with E-state index < -0.39 is 0 Å². The molecule has 1 unspecified atom stereocenters. The molecule has 1 heterocycles. The maximum Gasteiger partial charge on any atom is 0.00723 e. The van der Waals surface area contributed by atoms with Crippen LogP contribution in [0.3, 0.4) is 0 Å². The number of piperidine rings is 1. The van der Waals surface area contributed by atoms with Gasteiger partial charge in [0.1, 0.15) is 0 Å². The van der Waals surface area contributed by atoms with Crippen LogP contribution >= 0.6 is 0 Å². The van der Waals surface area contributed by atoms with E-state index in [4.69, 9.17) is 0 Å². The topological polar surface area (TPSA) is 3.24 Å². The van der Waals surface area contributed by atoms with Crippen LogP contribution in [0.5, 0.6) is 0 Å². The summed E-state index contributed by atoms with van der Waals surface area (Å²) >= 11 is 0. The molecule has 1 heteroatoms. The van der Waals surface area contributed by atoms with E-state index in [0.717, 1.165) is 0 Å². The van der Waals surface area contributed by atoms with Crippen LogP contribution in [-0.2, 0) is 0 Å². The van der Waals surface area contributed by atoms with Gasteiger partial charge in [0.15, 0.2) is 0 Å². The molecule has 1 aliphatic carbocycles. The maximum absolute atomic E-state index is 2.52. The minimum absolute atomic E-state index is 0.565. The van der Waals surface area contributed by atoms with E-state index in [1.54, 1.807) is 11.1 Å². The molecule has 0 aromatic carbocycles. The van der Waals surface area contributed by atoms with E-state index in [1.165, 1.54) is 45.2 Å². The molecule has 0 radical (unpaired) electrons. The summed E-state index contributed by atoms with van der Waals surface area (Å²) in [6, 6.07) is 0. The predicted octanol–water partition coefficient (Wildman–Crippen LogP) is 3.22. The van der Waals surface area contributed by atoms with Crippen molar-refractivity contribution >= 4 is 0 Å². The predicted molar refractivity (Wildman–Crippen MR) is 61.4 cm³/mol. The van der Waals surface area contributed by atoms with Crippen molar-refractivity contribution in [1.29, 1.82) is 0 Å². The van der Waals surface area contributed by atoms with Crippen LogP contribution in [0.15, 0.2) is 11.1 Å². The van der Waals surface area contributed by atoms with Crippen molar-refractivity contribution in [3.05, 3.63) is 11.1 Å². The van der Waals surface area contributed by atoms with Gasteiger partial charge in [0.25, 0.3) is 0 Å². The maximum atomic E-state index is 2.52. The summed E-state index contributed by atoms with van der Waals surface area (Å²) in [6.07, 6.45) is 7.01. The SMILES string of the molecule is CC1=C(C)C2(CCC1)CCCN(C)C2. The van der Waals surface area contributed by atoms with Crippen LogP contribution in [-0.4, -0.2) is 25.0 Å². The van der Waals surface area contributed by atoms with E-state index in [0.29, 0.717) is 5.41 Å². The molecule has 1 aliphatic heterocycles. The number of allylic oxidation sites excluding steroid dienone is 1. The molecule has 1 nitrogen and oxygen atoms in total. The Morgan fingerprint density at radius 3 is 2.57 bits per heavy atom. The molecule has 14 heavy (non-hydrogen) atoms. The summed E-state index contributed by atoms with van der Waals surface area (Å²) in [5.74, 6) is 0. The van der Waals surface area contributed by atoms with E-state index in [-0.39, 0.29) is 0 Å². The molecule has 0 N–H and O–H groups in total. The van der Waals surface area contributed by atoms with Gasteiger partial charge in [-0.1, -0.05) is 11.1 Å². The molecule has 0 bridgehead atoms. The van der Waals surface area contributed by atoms with Crippen LogP contribution in [0.2, 0.25) is 0 Å². The number of likely N-dealkylation sites (tertiary alicyclic amines) is 1. The zero-order valence-electron chi connectivity index (χ0n) is 9.90. The number of hydrogen-bond donors (Lipinski definition) is 0. The Kier molecular flexibility index (Phi) is 2.70. The van der Waals surface area contributed by atoms with Crippen LogP contribution in [0, 0.1) is 5.41 Å². The summed E-state index contributed by atoms with van der Waals surface area (Å²) < 4.78 is 0. The van der Waals surface area contributed by atoms with Crippen molar-refractivity contribution in [2.45, 2.75) is 46.0 Å². The van der Waals surface area contributed by atoms with Crippen LogP contribution < -0.4 is 0 Å². The Hall–Kier alpha value is -0.300. The molecule has 0 aromatic heterocycles. The van der Waals surface area contributed by atoms with Crippen molar-refractivity contribution in [3.63, 3.8) is 0 Å². The molecular formula is C13H23N. The van der Waals surface area contributed by atoms with Crippen molar-refractivity contribution in [1.82, 2.24) is 4.90 Å². The molecule has 0 aromatic rings. The highest BCUT2D eigenvalue weighted by atomic mass is 15.1. The molecule has 80 valence electrons. The third kappa shape index (κ3) is 1.63. The lowest BCUT2D eigenvalue weighted by atomic mass is 9.66. The summed E-state index contributed by atoms with van der Waals surface area (Å²) in [5.41, 5.74) is 3.96. The number of hydrogen-bond acceptors (Lipinski definition) is 1. The second kappa shape index (κ2) is 3.69. The van der Waals surface area contributed by atoms with Gasteiger partial charge in [-0.2, -0.15) is 0 Å². The van der Waals surface area contributed by atoms with Gasteiger partial charge in [-0.25, -0.2) is 0 Å². The average molecular weight is 193 g/mol. The Bertz CT molecular complexity index is 254. The third-order valence-electron chi connectivity index (χ3n) is 4.41. The molecular weight excluding hydrogens is 170 g/mol. The first-order valence-corrected chi connectivity index (χ1v) is 5.99. The standard InChI is InChI=1S/C13H23N/c1-11-6-4-7-13(12(11)2)8-5-9-14(3)10-13/h4-10H2,1-3H3. The lowest BCUT2D eigenvalue weighted by Gasteiger charge is -2.45. The van der Waals surface area contributed by atoms with Gasteiger partial charge in [-0.15, -0.1) is 0 Å². The zero-order valence-corrected chi connectivity index (χ0v) is 9.90. The smallest absolute Gasteiger partial charge is 0.00723 e. The van der Waals surface area contributed by atoms with Crippen molar-refractivity contribution < 1.29 is 0 Å². The van der Waals surface area contributed by atoms with E-state index in [9.17, 15) is 0 Å². The molecule has 0 amide bonds. The first kappa shape index (κ1) is 10.2. The second-order valence-electron chi connectivity index (χ2n) is 5.38. The minimum Gasteiger partial charge on any atom is -0.305 e. The second-order valence-corrected chi connectivity index (χ2v) is 5.38. The molecule has 1 saturated heterocycles. The van der Waals surface area contributed by atoms with Crippen LogP contribution in [0.1, 0.15) is 46.0 Å². The quantitative estimate of drug-likeness (QED) is 0.534. The molecule has 1 atom stereocenters. The van der Waals surface area contributed by atoms with Gasteiger partial charge < -0.3 is 4.90 Å². The lowest BCUT2D eigenvalue weighted by molar-refractivity contribution is 0.123. The molecule has 0 saturated carbocycles. The average Bonchev–Trinajstić information content (AvgIpc) is 2.14. The Balaban J connectivity index is 2.25. The van der Waals surface area contributed by atoms with Gasteiger partial charge in [0, 0.05) is 12.0 Å². The van der Waals surface area contributed by atoms with Gasteiger partial charge in [-0.05, 0) is 59.5 Å². The highest BCUT2D eigenvalue weighted by Gasteiger charge is 2.37. The fourth-order valence-electron chi connectivity index (χ4n) is 3.39. The molecule has 1 spiro atoms. The van der Waals surface area contributed by atoms with Gasteiger partial charge >= 0.3 is 0 Å². The number of nitrogens with zero attached hydrogens (tertiary/aromatic N) is 1. The highest BCUT2D eigenvalue weighted by molar-refractivity contribution is 5.23. The van der Waals surface area contributed by atoms with Gasteiger partial charge in [0.05, 0.1) is 0 Å². The Labute approximate surface area is 88.2 Å². The number of rotatable bonds is 0. The van der Waals surface area contributed by atoms with E-state index in [1.807, 2.05) is 0 Å². The molecule has 1 fully saturated rings. The van der Waals surface area contributed by atoms with Crippen molar-refractivity contribution in [2.75, 3.05) is 20.1 Å². The normalized spacial score (nSPS) is 35.4. The van der Waals surface area contributed by atoms with Crippen LogP contribution in [0.4, 0.5) is 0 Å². The van der Waals surface area contributed by atoms with Crippen molar-refractivity contribution in [3.8, 4) is 0 Å². The van der Waals surface area contributed by atoms with Crippen molar-refractivity contribution in [2.24, 2.45) is 5.41 Å². The Morgan fingerprint density at radius 2 is 1.86 bits per heavy atom. The van der Waals surface area contributed by atoms with Gasteiger partial charge in [0.2, 0.25) is 0 Å². The summed E-state index contributed by atoms with van der Waals surface area (Å²) in [5, 5.41) is 0. The molecule has 2 rings (SSSR count). The largest absolute Gasteiger partial charge is 0.305 e.